The van der Waals surface area contributed by atoms with Crippen LogP contribution in [0.25, 0.3) is 0 Å². The molecule has 0 aromatic rings. The van der Waals surface area contributed by atoms with Gasteiger partial charge in [0.15, 0.2) is 6.10 Å². The minimum atomic E-state index is -0.832. The van der Waals surface area contributed by atoms with Crippen LogP contribution >= 0.6 is 0 Å². The zero-order chi connectivity index (χ0) is 50.7. The number of ether oxygens (including phenoxy) is 3. The summed E-state index contributed by atoms with van der Waals surface area (Å²) >= 11 is 0. The molecule has 0 aromatic heterocycles. The molecule has 0 aliphatic carbocycles. The van der Waals surface area contributed by atoms with E-state index in [4.69, 9.17) is 14.2 Å². The third-order valence-corrected chi connectivity index (χ3v) is 11.1. The Morgan fingerprint density at radius 2 is 0.571 bits per heavy atom. The zero-order valence-electron chi connectivity index (χ0n) is 44.5. The summed E-state index contributed by atoms with van der Waals surface area (Å²) < 4.78 is 16.8. The van der Waals surface area contributed by atoms with Gasteiger partial charge in [-0.15, -0.1) is 0 Å². The molecule has 0 amide bonds. The van der Waals surface area contributed by atoms with Crippen molar-refractivity contribution in [2.45, 2.75) is 213 Å². The molecule has 0 radical (unpaired) electrons. The molecule has 0 saturated carbocycles. The second-order valence-electron chi connectivity index (χ2n) is 17.7. The molecule has 1 atom stereocenters. The van der Waals surface area contributed by atoms with Crippen molar-refractivity contribution in [1.82, 2.24) is 0 Å². The molecule has 0 aliphatic heterocycles. The van der Waals surface area contributed by atoms with Crippen LogP contribution in [-0.4, -0.2) is 37.2 Å². The van der Waals surface area contributed by atoms with Gasteiger partial charge in [0.1, 0.15) is 13.2 Å². The van der Waals surface area contributed by atoms with Crippen LogP contribution in [0.3, 0.4) is 0 Å². The fourth-order valence-electron chi connectivity index (χ4n) is 6.97. The number of unbranched alkanes of at least 4 members (excludes halogenated alkanes) is 20. The number of rotatable bonds is 47. The fraction of sp³-hybridized carbons (Fsp3) is 0.547. The predicted molar refractivity (Wildman–Crippen MR) is 302 cm³/mol. The smallest absolute Gasteiger partial charge is 0.306 e. The number of hydrogen-bond donors (Lipinski definition) is 0. The van der Waals surface area contributed by atoms with Crippen LogP contribution < -0.4 is 0 Å². The van der Waals surface area contributed by atoms with Gasteiger partial charge in [-0.1, -0.05) is 262 Å². The maximum absolute atomic E-state index is 12.8. The molecule has 0 N–H and O–H groups in total. The standard InChI is InChI=1S/C64H98O6/c1-4-7-10-13-16-19-22-25-28-31-34-36-39-42-45-48-51-54-57-63(66)69-60-61(70-64(67)58-55-52-49-46-43-40-37-33-30-27-24-21-18-15-12-9-6-3)59-68-62(65)56-53-50-47-44-41-38-35-32-29-26-23-20-17-14-11-8-5-2/h8-9,11-12,14-15,17-18,20-21,23-24,26-27,29-30,32-38,40-41,43,61H,4-7,10,13,16,19,22,25,28,31,39,42,44-60H2,1-3H3/b11-8-,12-9-,17-14-,18-15-,23-20-,24-21-,29-26-,30-27-,35-32+,36-34-,37-33+,41-38-,43-40-. The van der Waals surface area contributed by atoms with Gasteiger partial charge in [0.05, 0.1) is 0 Å². The Morgan fingerprint density at radius 1 is 0.300 bits per heavy atom. The van der Waals surface area contributed by atoms with E-state index < -0.39 is 6.10 Å². The van der Waals surface area contributed by atoms with Gasteiger partial charge >= 0.3 is 17.9 Å². The van der Waals surface area contributed by atoms with Crippen molar-refractivity contribution < 1.29 is 28.6 Å². The quantitative estimate of drug-likeness (QED) is 0.0199. The van der Waals surface area contributed by atoms with E-state index in [-0.39, 0.29) is 44.0 Å². The highest BCUT2D eigenvalue weighted by atomic mass is 16.6. The number of carbonyl (C=O) groups is 3. The van der Waals surface area contributed by atoms with E-state index in [9.17, 15) is 14.4 Å². The zero-order valence-corrected chi connectivity index (χ0v) is 44.5. The highest BCUT2D eigenvalue weighted by molar-refractivity contribution is 5.71. The van der Waals surface area contributed by atoms with Crippen molar-refractivity contribution in [3.05, 3.63) is 158 Å². The van der Waals surface area contributed by atoms with Crippen molar-refractivity contribution >= 4 is 17.9 Å². The van der Waals surface area contributed by atoms with Crippen LogP contribution in [0.15, 0.2) is 158 Å². The molecule has 6 nitrogen and oxygen atoms in total. The van der Waals surface area contributed by atoms with Crippen molar-refractivity contribution in [2.75, 3.05) is 13.2 Å². The predicted octanol–water partition coefficient (Wildman–Crippen LogP) is 18.6. The van der Waals surface area contributed by atoms with Crippen LogP contribution in [0.1, 0.15) is 207 Å². The number of carbonyl (C=O) groups excluding carboxylic acids is 3. The largest absolute Gasteiger partial charge is 0.462 e. The molecule has 70 heavy (non-hydrogen) atoms. The Bertz CT molecular complexity index is 1620. The third kappa shape index (κ3) is 54.0. The van der Waals surface area contributed by atoms with E-state index >= 15 is 0 Å². The average molecular weight is 963 g/mol. The maximum atomic E-state index is 12.8. The van der Waals surface area contributed by atoms with Crippen LogP contribution in [0.4, 0.5) is 0 Å². The van der Waals surface area contributed by atoms with Crippen molar-refractivity contribution in [1.29, 1.82) is 0 Å². The molecule has 0 saturated heterocycles. The minimum absolute atomic E-state index is 0.123. The number of allylic oxidation sites excluding steroid dienone is 26. The Balaban J connectivity index is 4.61. The van der Waals surface area contributed by atoms with Crippen molar-refractivity contribution in [3.8, 4) is 0 Å². The van der Waals surface area contributed by atoms with Gasteiger partial charge in [0.2, 0.25) is 0 Å². The molecule has 0 spiro atoms. The first kappa shape index (κ1) is 65.0. The summed E-state index contributed by atoms with van der Waals surface area (Å²) in [5.41, 5.74) is 0. The van der Waals surface area contributed by atoms with E-state index in [1.54, 1.807) is 0 Å². The summed E-state index contributed by atoms with van der Waals surface area (Å²) in [6.07, 6.45) is 82.2. The lowest BCUT2D eigenvalue weighted by Crippen LogP contribution is -2.30. The van der Waals surface area contributed by atoms with E-state index in [2.05, 4.69) is 57.2 Å². The Hall–Kier alpha value is -4.97. The lowest BCUT2D eigenvalue weighted by molar-refractivity contribution is -0.167. The summed E-state index contributed by atoms with van der Waals surface area (Å²) in [6, 6.07) is 0. The molecular formula is C64H98O6. The highest BCUT2D eigenvalue weighted by Crippen LogP contribution is 2.13. The summed E-state index contributed by atoms with van der Waals surface area (Å²) in [4.78, 5) is 38.1. The van der Waals surface area contributed by atoms with Crippen LogP contribution in [0, 0.1) is 0 Å². The van der Waals surface area contributed by atoms with Gasteiger partial charge in [0.25, 0.3) is 0 Å². The molecule has 0 aromatic carbocycles. The normalized spacial score (nSPS) is 13.4. The first-order valence-corrected chi connectivity index (χ1v) is 27.7. The lowest BCUT2D eigenvalue weighted by atomic mass is 10.1. The van der Waals surface area contributed by atoms with Crippen LogP contribution in [0.2, 0.25) is 0 Å². The Kier molecular flexibility index (Phi) is 52.6. The van der Waals surface area contributed by atoms with Crippen LogP contribution in [-0.2, 0) is 28.6 Å². The highest BCUT2D eigenvalue weighted by Gasteiger charge is 2.19. The lowest BCUT2D eigenvalue weighted by Gasteiger charge is -2.18. The third-order valence-electron chi connectivity index (χ3n) is 11.1. The summed E-state index contributed by atoms with van der Waals surface area (Å²) in [7, 11) is 0. The van der Waals surface area contributed by atoms with Gasteiger partial charge < -0.3 is 14.2 Å². The fourth-order valence-corrected chi connectivity index (χ4v) is 6.97. The molecule has 1 unspecified atom stereocenters. The number of esters is 3. The van der Waals surface area contributed by atoms with Crippen molar-refractivity contribution in [2.24, 2.45) is 0 Å². The van der Waals surface area contributed by atoms with Gasteiger partial charge in [-0.25, -0.2) is 0 Å². The van der Waals surface area contributed by atoms with E-state index in [0.717, 1.165) is 83.5 Å². The van der Waals surface area contributed by atoms with E-state index in [1.165, 1.54) is 70.6 Å². The molecule has 0 fully saturated rings. The van der Waals surface area contributed by atoms with Gasteiger partial charge in [-0.2, -0.15) is 0 Å². The maximum Gasteiger partial charge on any atom is 0.306 e. The number of hydrogen-bond acceptors (Lipinski definition) is 6. The minimum Gasteiger partial charge on any atom is -0.462 e. The monoisotopic (exact) mass is 963 g/mol. The SMILES string of the molecule is CC\C=C/C=C\C=C/C=C\C=C\C=C/CCCCCC(=O)OCC(COC(=O)CCCCCCC/C=C\CCCCCCCCCCC)OC(=O)CCCCC\C=C/C=C/C=C\C=C/C=C\C=C/CC. The first-order valence-electron chi connectivity index (χ1n) is 27.7. The first-order chi connectivity index (χ1) is 34.5. The van der Waals surface area contributed by atoms with E-state index in [0.29, 0.717) is 19.3 Å². The molecule has 0 bridgehead atoms. The summed E-state index contributed by atoms with van der Waals surface area (Å²) in [5.74, 6) is -1.03. The molecular weight excluding hydrogens is 865 g/mol. The molecule has 6 heteroatoms. The molecule has 0 rings (SSSR count). The van der Waals surface area contributed by atoms with E-state index in [1.807, 2.05) is 122 Å². The topological polar surface area (TPSA) is 78.9 Å². The molecule has 0 aliphatic rings. The molecule has 0 heterocycles. The Labute approximate surface area is 429 Å². The van der Waals surface area contributed by atoms with Gasteiger partial charge in [0, 0.05) is 19.3 Å². The Morgan fingerprint density at radius 3 is 0.929 bits per heavy atom. The second-order valence-corrected chi connectivity index (χ2v) is 17.7. The van der Waals surface area contributed by atoms with Crippen LogP contribution in [0.5, 0.6) is 0 Å². The summed E-state index contributed by atoms with van der Waals surface area (Å²) in [6.45, 7) is 6.25. The van der Waals surface area contributed by atoms with Gasteiger partial charge in [-0.3, -0.25) is 14.4 Å². The second kappa shape index (κ2) is 56.6. The molecule has 390 valence electrons. The van der Waals surface area contributed by atoms with Crippen molar-refractivity contribution in [3.63, 3.8) is 0 Å². The summed E-state index contributed by atoms with van der Waals surface area (Å²) in [5, 5.41) is 0. The van der Waals surface area contributed by atoms with Gasteiger partial charge in [-0.05, 0) is 83.5 Å². The average Bonchev–Trinajstić information content (AvgIpc) is 3.36.